The van der Waals surface area contributed by atoms with Crippen LogP contribution in [0.3, 0.4) is 0 Å². The molecule has 1 aromatic heterocycles. The number of aryl methyl sites for hydroxylation is 1. The van der Waals surface area contributed by atoms with E-state index in [1.165, 1.54) is 10.3 Å². The monoisotopic (exact) mass is 324 g/mol. The van der Waals surface area contributed by atoms with Crippen LogP contribution < -0.4 is 5.32 Å². The average molecular weight is 324 g/mol. The maximum Gasteiger partial charge on any atom is 0.224 e. The van der Waals surface area contributed by atoms with Crippen molar-refractivity contribution >= 4 is 33.1 Å². The maximum absolute atomic E-state index is 11.8. The number of thiazole rings is 1. The number of carbonyl (C=O) groups excluding carboxylic acids is 1. The van der Waals surface area contributed by atoms with Crippen molar-refractivity contribution in [1.29, 1.82) is 0 Å². The molecule has 4 heteroatoms. The van der Waals surface area contributed by atoms with Crippen molar-refractivity contribution in [3.05, 3.63) is 48.0 Å². The van der Waals surface area contributed by atoms with E-state index in [2.05, 4.69) is 35.4 Å². The van der Waals surface area contributed by atoms with E-state index >= 15 is 0 Å². The quantitative estimate of drug-likeness (QED) is 0.711. The van der Waals surface area contributed by atoms with Gasteiger partial charge in [0.15, 0.2) is 0 Å². The summed E-state index contributed by atoms with van der Waals surface area (Å²) in [5.41, 5.74) is 4.18. The molecule has 0 spiro atoms. The number of hydrogen-bond donors (Lipinski definition) is 1. The number of aromatic nitrogens is 1. The molecule has 3 aromatic rings. The Bertz CT molecular complexity index is 834. The van der Waals surface area contributed by atoms with Gasteiger partial charge < -0.3 is 5.32 Å². The van der Waals surface area contributed by atoms with Gasteiger partial charge in [0.05, 0.1) is 10.2 Å². The van der Waals surface area contributed by atoms with Crippen molar-refractivity contribution < 1.29 is 4.79 Å². The highest BCUT2D eigenvalue weighted by molar-refractivity contribution is 7.21. The van der Waals surface area contributed by atoms with E-state index in [1.807, 2.05) is 38.1 Å². The van der Waals surface area contributed by atoms with Crippen LogP contribution in [0.2, 0.25) is 0 Å². The van der Waals surface area contributed by atoms with Gasteiger partial charge in [0.25, 0.3) is 0 Å². The summed E-state index contributed by atoms with van der Waals surface area (Å²) in [5.74, 6) is 0.420. The number of nitrogens with zero attached hydrogens (tertiary/aromatic N) is 1. The van der Waals surface area contributed by atoms with Gasteiger partial charge in [-0.25, -0.2) is 4.98 Å². The van der Waals surface area contributed by atoms with Crippen molar-refractivity contribution in [3.63, 3.8) is 0 Å². The zero-order chi connectivity index (χ0) is 16.4. The Morgan fingerprint density at radius 3 is 2.61 bits per heavy atom. The van der Waals surface area contributed by atoms with Crippen LogP contribution in [-0.2, 0) is 4.79 Å². The third-order valence-corrected chi connectivity index (χ3v) is 4.62. The zero-order valence-electron chi connectivity index (χ0n) is 13.6. The fourth-order valence-corrected chi connectivity index (χ4v) is 3.50. The summed E-state index contributed by atoms with van der Waals surface area (Å²) >= 11 is 1.69. The summed E-state index contributed by atoms with van der Waals surface area (Å²) < 4.78 is 1.20. The van der Waals surface area contributed by atoms with Gasteiger partial charge in [0, 0.05) is 17.7 Å². The number of nitrogens with one attached hydrogen (secondary N) is 1. The number of benzene rings is 2. The molecule has 3 nitrogen and oxygen atoms in total. The highest BCUT2D eigenvalue weighted by atomic mass is 32.1. The van der Waals surface area contributed by atoms with Crippen molar-refractivity contribution in [3.8, 4) is 10.6 Å². The topological polar surface area (TPSA) is 42.0 Å². The van der Waals surface area contributed by atoms with Gasteiger partial charge in [-0.05, 0) is 54.8 Å². The first-order chi connectivity index (χ1) is 11.0. The van der Waals surface area contributed by atoms with Crippen LogP contribution in [0.15, 0.2) is 42.5 Å². The summed E-state index contributed by atoms with van der Waals surface area (Å²) in [6.07, 6.45) is 0.541. The van der Waals surface area contributed by atoms with Crippen LogP contribution in [0.4, 0.5) is 5.69 Å². The summed E-state index contributed by atoms with van der Waals surface area (Å²) in [7, 11) is 0. The molecule has 0 aliphatic heterocycles. The lowest BCUT2D eigenvalue weighted by molar-refractivity contribution is -0.116. The Morgan fingerprint density at radius 1 is 1.17 bits per heavy atom. The Labute approximate surface area is 140 Å². The molecule has 1 N–H and O–H groups in total. The van der Waals surface area contributed by atoms with Crippen molar-refractivity contribution in [2.24, 2.45) is 5.92 Å². The molecule has 0 saturated heterocycles. The molecule has 0 atom stereocenters. The summed E-state index contributed by atoms with van der Waals surface area (Å²) in [5, 5.41) is 3.94. The van der Waals surface area contributed by atoms with Crippen LogP contribution in [0.1, 0.15) is 25.8 Å². The minimum Gasteiger partial charge on any atom is -0.326 e. The molecule has 0 saturated carbocycles. The Balaban J connectivity index is 1.79. The summed E-state index contributed by atoms with van der Waals surface area (Å²) in [6, 6.07) is 14.2. The van der Waals surface area contributed by atoms with E-state index in [1.54, 1.807) is 11.3 Å². The van der Waals surface area contributed by atoms with Crippen LogP contribution in [0, 0.1) is 12.8 Å². The predicted molar refractivity (Wildman–Crippen MR) is 97.9 cm³/mol. The van der Waals surface area contributed by atoms with Crippen molar-refractivity contribution in [2.75, 3.05) is 5.32 Å². The van der Waals surface area contributed by atoms with Crippen LogP contribution >= 0.6 is 11.3 Å². The second-order valence-electron chi connectivity index (χ2n) is 6.21. The van der Waals surface area contributed by atoms with Gasteiger partial charge in [-0.1, -0.05) is 19.9 Å². The maximum atomic E-state index is 11.8. The molecule has 2 aromatic carbocycles. The first kappa shape index (κ1) is 15.7. The van der Waals surface area contributed by atoms with Gasteiger partial charge in [-0.15, -0.1) is 11.3 Å². The van der Waals surface area contributed by atoms with Crippen LogP contribution in [0.25, 0.3) is 20.8 Å². The fraction of sp³-hybridized carbons (Fsp3) is 0.263. The second-order valence-corrected chi connectivity index (χ2v) is 7.24. The molecule has 0 unspecified atom stereocenters. The highest BCUT2D eigenvalue weighted by Crippen LogP contribution is 2.31. The SMILES string of the molecule is Cc1ccc2nc(-c3ccc(NC(=O)CC(C)C)cc3)sc2c1. The van der Waals surface area contributed by atoms with Crippen LogP contribution in [0.5, 0.6) is 0 Å². The molecule has 0 radical (unpaired) electrons. The molecular weight excluding hydrogens is 304 g/mol. The number of fused-ring (bicyclic) bond motifs is 1. The number of rotatable bonds is 4. The first-order valence-corrected chi connectivity index (χ1v) is 8.60. The largest absolute Gasteiger partial charge is 0.326 e. The molecule has 118 valence electrons. The molecule has 0 bridgehead atoms. The summed E-state index contributed by atoms with van der Waals surface area (Å²) in [4.78, 5) is 16.5. The lowest BCUT2D eigenvalue weighted by Crippen LogP contribution is -2.13. The standard InChI is InChI=1S/C19H20N2OS/c1-12(2)10-18(22)20-15-7-5-14(6-8-15)19-21-16-9-4-13(3)11-17(16)23-19/h4-9,11-12H,10H2,1-3H3,(H,20,22). The van der Waals surface area contributed by atoms with E-state index in [9.17, 15) is 4.79 Å². The molecule has 0 fully saturated rings. The fourth-order valence-electron chi connectivity index (χ4n) is 2.43. The van der Waals surface area contributed by atoms with E-state index in [0.717, 1.165) is 21.8 Å². The lowest BCUT2D eigenvalue weighted by Gasteiger charge is -2.07. The molecule has 1 amide bonds. The number of hydrogen-bond acceptors (Lipinski definition) is 3. The molecule has 0 aliphatic rings. The van der Waals surface area contributed by atoms with Gasteiger partial charge in [0.1, 0.15) is 5.01 Å². The Hall–Kier alpha value is -2.20. The molecular formula is C19H20N2OS. The van der Waals surface area contributed by atoms with Crippen molar-refractivity contribution in [1.82, 2.24) is 4.98 Å². The lowest BCUT2D eigenvalue weighted by atomic mass is 10.1. The van der Waals surface area contributed by atoms with E-state index < -0.39 is 0 Å². The van der Waals surface area contributed by atoms with E-state index in [4.69, 9.17) is 0 Å². The smallest absolute Gasteiger partial charge is 0.224 e. The number of anilines is 1. The normalized spacial score (nSPS) is 11.1. The average Bonchev–Trinajstić information content (AvgIpc) is 2.90. The minimum absolute atomic E-state index is 0.0585. The molecule has 3 rings (SSSR count). The minimum atomic E-state index is 0.0585. The molecule has 23 heavy (non-hydrogen) atoms. The van der Waals surface area contributed by atoms with E-state index in [0.29, 0.717) is 12.3 Å². The number of amides is 1. The van der Waals surface area contributed by atoms with Gasteiger partial charge in [0.2, 0.25) is 5.91 Å². The number of carbonyl (C=O) groups is 1. The first-order valence-electron chi connectivity index (χ1n) is 7.79. The predicted octanol–water partition coefficient (Wildman–Crippen LogP) is 5.26. The van der Waals surface area contributed by atoms with Gasteiger partial charge in [-0.2, -0.15) is 0 Å². The highest BCUT2D eigenvalue weighted by Gasteiger charge is 2.08. The van der Waals surface area contributed by atoms with Crippen molar-refractivity contribution in [2.45, 2.75) is 27.2 Å². The summed E-state index contributed by atoms with van der Waals surface area (Å²) in [6.45, 7) is 6.17. The van der Waals surface area contributed by atoms with Gasteiger partial charge >= 0.3 is 0 Å². The third kappa shape index (κ3) is 3.77. The Kier molecular flexibility index (Phi) is 4.44. The molecule has 0 aliphatic carbocycles. The molecule has 1 heterocycles. The Morgan fingerprint density at radius 2 is 1.91 bits per heavy atom. The van der Waals surface area contributed by atoms with E-state index in [-0.39, 0.29) is 5.91 Å². The second kappa shape index (κ2) is 6.50. The third-order valence-electron chi connectivity index (χ3n) is 3.55. The van der Waals surface area contributed by atoms with Crippen LogP contribution in [-0.4, -0.2) is 10.9 Å². The zero-order valence-corrected chi connectivity index (χ0v) is 14.4. The van der Waals surface area contributed by atoms with Gasteiger partial charge in [-0.3, -0.25) is 4.79 Å².